The van der Waals surface area contributed by atoms with E-state index in [9.17, 15) is 13.2 Å². The van der Waals surface area contributed by atoms with Gasteiger partial charge in [-0.2, -0.15) is 5.10 Å². The number of benzene rings is 3. The molecule has 0 spiro atoms. The van der Waals surface area contributed by atoms with Crippen LogP contribution >= 0.6 is 0 Å². The molecule has 6 heteroatoms. The topological polar surface area (TPSA) is 75.6 Å². The number of hydrogen-bond acceptors (Lipinski definition) is 4. The number of amides is 1. The summed E-state index contributed by atoms with van der Waals surface area (Å²) < 4.78 is 23.8. The molecule has 0 saturated carbocycles. The first kappa shape index (κ1) is 19.5. The van der Waals surface area contributed by atoms with E-state index >= 15 is 0 Å². The fourth-order valence-corrected chi connectivity index (χ4v) is 3.79. The van der Waals surface area contributed by atoms with Crippen LogP contribution in [0.3, 0.4) is 0 Å². The maximum absolute atomic E-state index is 12.6. The highest BCUT2D eigenvalue weighted by Gasteiger charge is 2.15. The van der Waals surface area contributed by atoms with E-state index in [0.29, 0.717) is 11.3 Å². The first-order valence-corrected chi connectivity index (χ1v) is 10.5. The molecule has 142 valence electrons. The minimum atomic E-state index is -3.42. The lowest BCUT2D eigenvalue weighted by Crippen LogP contribution is -2.21. The van der Waals surface area contributed by atoms with Crippen LogP contribution in [0.5, 0.6) is 0 Å². The lowest BCUT2D eigenvalue weighted by molar-refractivity contribution is 0.0954. The number of nitrogens with zero attached hydrogens (tertiary/aromatic N) is 1. The third-order valence-corrected chi connectivity index (χ3v) is 5.45. The van der Waals surface area contributed by atoms with E-state index in [0.717, 1.165) is 17.4 Å². The molecule has 0 aliphatic heterocycles. The third-order valence-electron chi connectivity index (χ3n) is 4.21. The Balaban J connectivity index is 1.95. The van der Waals surface area contributed by atoms with Gasteiger partial charge >= 0.3 is 0 Å². The molecular formula is C22H20N2O3S. The van der Waals surface area contributed by atoms with Crippen LogP contribution in [0.2, 0.25) is 0 Å². The van der Waals surface area contributed by atoms with Crippen LogP contribution in [0.25, 0.3) is 0 Å². The van der Waals surface area contributed by atoms with Crippen LogP contribution in [0, 0.1) is 6.92 Å². The highest BCUT2D eigenvalue weighted by Crippen LogP contribution is 2.17. The van der Waals surface area contributed by atoms with Crippen molar-refractivity contribution in [1.29, 1.82) is 0 Å². The Labute approximate surface area is 164 Å². The summed E-state index contributed by atoms with van der Waals surface area (Å²) in [4.78, 5) is 12.7. The van der Waals surface area contributed by atoms with Crippen LogP contribution in [-0.2, 0) is 9.84 Å². The second-order valence-electron chi connectivity index (χ2n) is 6.39. The second-order valence-corrected chi connectivity index (χ2v) is 8.37. The van der Waals surface area contributed by atoms with Crippen molar-refractivity contribution in [2.45, 2.75) is 11.8 Å². The first-order chi connectivity index (χ1) is 13.4. The Kier molecular flexibility index (Phi) is 5.70. The number of hydrazone groups is 1. The van der Waals surface area contributed by atoms with Gasteiger partial charge in [0.1, 0.15) is 0 Å². The molecule has 3 aromatic rings. The van der Waals surface area contributed by atoms with Crippen molar-refractivity contribution in [3.8, 4) is 0 Å². The number of rotatable bonds is 5. The second kappa shape index (κ2) is 8.19. The fraction of sp³-hybridized carbons (Fsp3) is 0.0909. The lowest BCUT2D eigenvalue weighted by Gasteiger charge is -2.09. The number of aryl methyl sites for hydroxylation is 1. The van der Waals surface area contributed by atoms with Crippen LogP contribution in [0.1, 0.15) is 27.0 Å². The van der Waals surface area contributed by atoms with E-state index in [1.165, 1.54) is 6.07 Å². The minimum absolute atomic E-state index is 0.135. The predicted octanol–water partition coefficient (Wildman–Crippen LogP) is 3.58. The molecule has 0 bridgehead atoms. The molecule has 28 heavy (non-hydrogen) atoms. The van der Waals surface area contributed by atoms with Gasteiger partial charge in [-0.15, -0.1) is 0 Å². The first-order valence-electron chi connectivity index (χ1n) is 8.66. The van der Waals surface area contributed by atoms with Crippen molar-refractivity contribution in [1.82, 2.24) is 5.43 Å². The number of carbonyl (C=O) groups is 1. The Morgan fingerprint density at radius 2 is 1.36 bits per heavy atom. The maximum atomic E-state index is 12.6. The molecule has 0 aromatic heterocycles. The van der Waals surface area contributed by atoms with Gasteiger partial charge in [0.05, 0.1) is 10.6 Å². The molecule has 0 atom stereocenters. The zero-order chi connectivity index (χ0) is 20.1. The van der Waals surface area contributed by atoms with Crippen LogP contribution in [0.15, 0.2) is 88.9 Å². The Morgan fingerprint density at radius 3 is 1.86 bits per heavy atom. The third kappa shape index (κ3) is 4.53. The molecule has 1 amide bonds. The van der Waals surface area contributed by atoms with Crippen molar-refractivity contribution in [3.63, 3.8) is 0 Å². The number of nitrogens with one attached hydrogen (secondary N) is 1. The summed E-state index contributed by atoms with van der Waals surface area (Å²) in [6.07, 6.45) is 1.12. The van der Waals surface area contributed by atoms with Gasteiger partial charge in [-0.05, 0) is 24.6 Å². The summed E-state index contributed by atoms with van der Waals surface area (Å²) in [6, 6.07) is 23.6. The molecule has 3 aromatic carbocycles. The van der Waals surface area contributed by atoms with E-state index in [4.69, 9.17) is 0 Å². The van der Waals surface area contributed by atoms with E-state index in [1.54, 1.807) is 19.1 Å². The highest BCUT2D eigenvalue weighted by molar-refractivity contribution is 7.90. The van der Waals surface area contributed by atoms with Gasteiger partial charge in [-0.3, -0.25) is 4.79 Å². The summed E-state index contributed by atoms with van der Waals surface area (Å²) in [5, 5.41) is 4.32. The number of hydrogen-bond donors (Lipinski definition) is 1. The van der Waals surface area contributed by atoms with Crippen molar-refractivity contribution >= 4 is 21.5 Å². The van der Waals surface area contributed by atoms with Gasteiger partial charge in [-0.1, -0.05) is 66.7 Å². The van der Waals surface area contributed by atoms with Gasteiger partial charge in [-0.25, -0.2) is 13.8 Å². The largest absolute Gasteiger partial charge is 0.271 e. The zero-order valence-corrected chi connectivity index (χ0v) is 16.4. The Hall–Kier alpha value is -3.25. The normalized spacial score (nSPS) is 10.9. The standard InChI is InChI=1S/C22H20N2O3S/c1-16-13-14-19(15-20(16)28(2,26)27)22(25)24-23-21(17-9-5-3-6-10-17)18-11-7-4-8-12-18/h3-15H,1-2H3,(H,24,25). The smallest absolute Gasteiger partial charge is 0.267 e. The van der Waals surface area contributed by atoms with E-state index < -0.39 is 15.7 Å². The molecule has 5 nitrogen and oxygen atoms in total. The molecule has 0 unspecified atom stereocenters. The summed E-state index contributed by atoms with van der Waals surface area (Å²) in [6.45, 7) is 1.69. The minimum Gasteiger partial charge on any atom is -0.267 e. The zero-order valence-electron chi connectivity index (χ0n) is 15.6. The van der Waals surface area contributed by atoms with Crippen molar-refractivity contribution in [2.75, 3.05) is 6.26 Å². The van der Waals surface area contributed by atoms with Crippen molar-refractivity contribution < 1.29 is 13.2 Å². The molecule has 0 fully saturated rings. The molecule has 0 radical (unpaired) electrons. The maximum Gasteiger partial charge on any atom is 0.271 e. The van der Waals surface area contributed by atoms with E-state index in [-0.39, 0.29) is 10.5 Å². The van der Waals surface area contributed by atoms with Crippen LogP contribution < -0.4 is 5.43 Å². The summed E-state index contributed by atoms with van der Waals surface area (Å²) >= 11 is 0. The van der Waals surface area contributed by atoms with Gasteiger partial charge < -0.3 is 0 Å². The Morgan fingerprint density at radius 1 is 0.821 bits per heavy atom. The monoisotopic (exact) mass is 392 g/mol. The average molecular weight is 392 g/mol. The molecular weight excluding hydrogens is 372 g/mol. The fourth-order valence-electron chi connectivity index (χ4n) is 2.80. The van der Waals surface area contributed by atoms with Crippen LogP contribution in [0.4, 0.5) is 0 Å². The molecule has 0 heterocycles. The molecule has 1 N–H and O–H groups in total. The summed E-state index contributed by atoms with van der Waals surface area (Å²) in [7, 11) is -3.42. The quantitative estimate of drug-likeness (QED) is 0.533. The van der Waals surface area contributed by atoms with Crippen molar-refractivity contribution in [2.24, 2.45) is 5.10 Å². The lowest BCUT2D eigenvalue weighted by atomic mass is 10.0. The van der Waals surface area contributed by atoms with E-state index in [2.05, 4.69) is 10.5 Å². The van der Waals surface area contributed by atoms with Gasteiger partial charge in [0.2, 0.25) is 0 Å². The number of sulfone groups is 1. The Bertz CT molecular complexity index is 1080. The SMILES string of the molecule is Cc1ccc(C(=O)NN=C(c2ccccc2)c2ccccc2)cc1S(C)(=O)=O. The highest BCUT2D eigenvalue weighted by atomic mass is 32.2. The van der Waals surface area contributed by atoms with Gasteiger partial charge in [0.25, 0.3) is 5.91 Å². The van der Waals surface area contributed by atoms with E-state index in [1.807, 2.05) is 60.7 Å². The van der Waals surface area contributed by atoms with Crippen LogP contribution in [-0.4, -0.2) is 26.3 Å². The average Bonchev–Trinajstić information content (AvgIpc) is 2.69. The molecule has 0 aliphatic rings. The number of carbonyl (C=O) groups excluding carboxylic acids is 1. The predicted molar refractivity (Wildman–Crippen MR) is 110 cm³/mol. The summed E-state index contributed by atoms with van der Waals surface area (Å²) in [5.41, 5.74) is 5.70. The molecule has 3 rings (SSSR count). The molecule has 0 aliphatic carbocycles. The van der Waals surface area contributed by atoms with Crippen molar-refractivity contribution in [3.05, 3.63) is 101 Å². The summed E-state index contributed by atoms with van der Waals surface area (Å²) in [5.74, 6) is -0.478. The van der Waals surface area contributed by atoms with Gasteiger partial charge in [0.15, 0.2) is 9.84 Å². The van der Waals surface area contributed by atoms with Gasteiger partial charge in [0, 0.05) is 22.9 Å². The molecule has 0 saturated heterocycles.